The van der Waals surface area contributed by atoms with Crippen molar-refractivity contribution in [1.29, 1.82) is 0 Å². The van der Waals surface area contributed by atoms with E-state index in [-0.39, 0.29) is 11.5 Å². The van der Waals surface area contributed by atoms with Crippen LogP contribution in [0.25, 0.3) is 11.2 Å². The molecule has 21 heavy (non-hydrogen) atoms. The van der Waals surface area contributed by atoms with Crippen molar-refractivity contribution < 1.29 is 19.3 Å². The van der Waals surface area contributed by atoms with Crippen molar-refractivity contribution in [2.24, 2.45) is 0 Å². The van der Waals surface area contributed by atoms with Crippen LogP contribution in [0.3, 0.4) is 0 Å². The van der Waals surface area contributed by atoms with Crippen LogP contribution in [0.2, 0.25) is 0 Å². The van der Waals surface area contributed by atoms with Crippen molar-refractivity contribution in [3.8, 4) is 12.3 Å². The third kappa shape index (κ3) is 1.77. The van der Waals surface area contributed by atoms with Crippen LogP contribution in [0.5, 0.6) is 0 Å². The third-order valence-corrected chi connectivity index (χ3v) is 3.51. The summed E-state index contributed by atoms with van der Waals surface area (Å²) in [6.45, 7) is -0.762. The van der Waals surface area contributed by atoms with Gasteiger partial charge in [0.2, 0.25) is 0 Å². The second-order valence-corrected chi connectivity index (χ2v) is 4.68. The highest BCUT2D eigenvalue weighted by Gasteiger charge is 2.55. The van der Waals surface area contributed by atoms with E-state index < -0.39 is 30.7 Å². The van der Waals surface area contributed by atoms with E-state index in [1.807, 2.05) is 0 Å². The summed E-state index contributed by atoms with van der Waals surface area (Å²) in [7, 11) is 0. The summed E-state index contributed by atoms with van der Waals surface area (Å²) in [5.41, 5.74) is 4.32. The van der Waals surface area contributed by atoms with E-state index in [1.165, 1.54) is 17.2 Å². The molecule has 0 aliphatic carbocycles. The summed E-state index contributed by atoms with van der Waals surface area (Å²) in [6.07, 6.45) is 3.02. The number of hydrogen-bond acceptors (Lipinski definition) is 7. The van der Waals surface area contributed by atoms with Gasteiger partial charge in [-0.15, -0.1) is 6.42 Å². The topological polar surface area (TPSA) is 119 Å². The summed E-state index contributed by atoms with van der Waals surface area (Å²) in [5.74, 6) is 2.21. The summed E-state index contributed by atoms with van der Waals surface area (Å²) in [5, 5.41) is 19.3. The smallest absolute Gasteiger partial charge is 0.187 e. The Bertz CT molecular complexity index is 729. The van der Waals surface area contributed by atoms with Gasteiger partial charge in [0.15, 0.2) is 29.5 Å². The molecule has 9 heteroatoms. The Morgan fingerprint density at radius 3 is 2.90 bits per heavy atom. The van der Waals surface area contributed by atoms with Crippen molar-refractivity contribution in [3.63, 3.8) is 0 Å². The summed E-state index contributed by atoms with van der Waals surface area (Å²) < 4.78 is 20.9. The minimum Gasteiger partial charge on any atom is -0.392 e. The van der Waals surface area contributed by atoms with Gasteiger partial charge in [-0.1, -0.05) is 5.92 Å². The van der Waals surface area contributed by atoms with Crippen LogP contribution in [0.1, 0.15) is 6.23 Å². The molecule has 1 aliphatic heterocycles. The first kappa shape index (κ1) is 13.7. The molecule has 8 nitrogen and oxygen atoms in total. The third-order valence-electron chi connectivity index (χ3n) is 3.51. The van der Waals surface area contributed by atoms with Gasteiger partial charge in [-0.2, -0.15) is 0 Å². The van der Waals surface area contributed by atoms with Crippen LogP contribution in [0, 0.1) is 12.3 Å². The summed E-state index contributed by atoms with van der Waals surface area (Å²) in [4.78, 5) is 11.8. The van der Waals surface area contributed by atoms with Crippen LogP contribution < -0.4 is 5.73 Å². The molecule has 0 saturated carbocycles. The Morgan fingerprint density at radius 1 is 1.52 bits per heavy atom. The number of anilines is 1. The van der Waals surface area contributed by atoms with Crippen molar-refractivity contribution in [3.05, 3.63) is 12.7 Å². The predicted molar refractivity (Wildman–Crippen MR) is 69.4 cm³/mol. The van der Waals surface area contributed by atoms with Gasteiger partial charge >= 0.3 is 0 Å². The summed E-state index contributed by atoms with van der Waals surface area (Å²) in [6, 6.07) is 0. The number of nitrogens with two attached hydrogens (primary N) is 1. The van der Waals surface area contributed by atoms with Gasteiger partial charge < -0.3 is 20.7 Å². The molecule has 1 fully saturated rings. The van der Waals surface area contributed by atoms with Gasteiger partial charge in [0.05, 0.1) is 12.9 Å². The maximum absolute atomic E-state index is 14.2. The highest BCUT2D eigenvalue weighted by molar-refractivity contribution is 5.81. The van der Waals surface area contributed by atoms with Gasteiger partial charge in [-0.05, 0) is 0 Å². The van der Waals surface area contributed by atoms with E-state index in [0.29, 0.717) is 5.52 Å². The lowest BCUT2D eigenvalue weighted by Gasteiger charge is -2.22. The number of ether oxygens (including phenoxy) is 1. The monoisotopic (exact) mass is 293 g/mol. The number of rotatable bonds is 2. The van der Waals surface area contributed by atoms with Gasteiger partial charge in [0, 0.05) is 0 Å². The molecule has 0 aromatic carbocycles. The number of terminal acetylenes is 1. The highest BCUT2D eigenvalue weighted by Crippen LogP contribution is 2.39. The van der Waals surface area contributed by atoms with E-state index in [0.717, 1.165) is 0 Å². The molecular formula is C12H12FN5O3. The predicted octanol–water partition coefficient (Wildman–Crippen LogP) is -0.999. The molecule has 0 spiro atoms. The molecule has 110 valence electrons. The number of fused-ring (bicyclic) bond motifs is 1. The zero-order chi connectivity index (χ0) is 15.2. The Balaban J connectivity index is 2.08. The standard InChI is InChI=1S/C12H12FN5O3/c1-2-12(3-19)8(13)7(20)11(21-12)18-5-17-6-9(14)15-4-16-10(6)18/h1,4-5,7-8,11,19-20H,3H2,(H2,14,15,16)/t7-,8+,11-,12-/m1/s1. The molecule has 0 unspecified atom stereocenters. The Labute approximate surface area is 118 Å². The highest BCUT2D eigenvalue weighted by atomic mass is 19.1. The number of imidazole rings is 1. The normalized spacial score (nSPS) is 32.4. The first-order chi connectivity index (χ1) is 10.0. The van der Waals surface area contributed by atoms with Gasteiger partial charge in [-0.25, -0.2) is 19.3 Å². The molecule has 0 bridgehead atoms. The summed E-state index contributed by atoms with van der Waals surface area (Å²) >= 11 is 0. The van der Waals surface area contributed by atoms with E-state index in [9.17, 15) is 14.6 Å². The molecule has 2 aromatic rings. The van der Waals surface area contributed by atoms with Crippen molar-refractivity contribution >= 4 is 17.0 Å². The van der Waals surface area contributed by atoms with Crippen molar-refractivity contribution in [2.75, 3.05) is 12.3 Å². The fourth-order valence-electron chi connectivity index (χ4n) is 2.33. The minimum absolute atomic E-state index is 0.147. The van der Waals surface area contributed by atoms with Gasteiger partial charge in [0.1, 0.15) is 17.9 Å². The maximum atomic E-state index is 14.2. The fraction of sp³-hybridized carbons (Fsp3) is 0.417. The number of aliphatic hydroxyl groups is 2. The lowest BCUT2D eigenvalue weighted by Crippen LogP contribution is -2.42. The number of aliphatic hydroxyl groups excluding tert-OH is 2. The average molecular weight is 293 g/mol. The van der Waals surface area contributed by atoms with E-state index >= 15 is 0 Å². The van der Waals surface area contributed by atoms with Crippen LogP contribution in [0.4, 0.5) is 10.2 Å². The Kier molecular flexibility index (Phi) is 3.02. The second kappa shape index (κ2) is 4.63. The Morgan fingerprint density at radius 2 is 2.29 bits per heavy atom. The molecule has 4 atom stereocenters. The number of nitrogens with zero attached hydrogens (tertiary/aromatic N) is 4. The number of nitrogen functional groups attached to an aromatic ring is 1. The SMILES string of the molecule is C#C[C@]1(CO)O[C@@H](n2cnc3c(N)ncnc32)[C@H](O)[C@@H]1F. The molecule has 0 amide bonds. The maximum Gasteiger partial charge on any atom is 0.187 e. The van der Waals surface area contributed by atoms with Crippen LogP contribution in [-0.4, -0.2) is 54.2 Å². The second-order valence-electron chi connectivity index (χ2n) is 4.68. The van der Waals surface area contributed by atoms with Crippen LogP contribution >= 0.6 is 0 Å². The van der Waals surface area contributed by atoms with E-state index in [4.69, 9.17) is 16.9 Å². The largest absolute Gasteiger partial charge is 0.392 e. The number of aromatic nitrogens is 4. The molecular weight excluding hydrogens is 281 g/mol. The molecule has 3 rings (SSSR count). The van der Waals surface area contributed by atoms with E-state index in [1.54, 1.807) is 0 Å². The van der Waals surface area contributed by atoms with Gasteiger partial charge in [0.25, 0.3) is 0 Å². The minimum atomic E-state index is -1.95. The lowest BCUT2D eigenvalue weighted by molar-refractivity contribution is -0.0843. The van der Waals surface area contributed by atoms with Crippen molar-refractivity contribution in [2.45, 2.75) is 24.1 Å². The van der Waals surface area contributed by atoms with Crippen molar-refractivity contribution in [1.82, 2.24) is 19.5 Å². The van der Waals surface area contributed by atoms with E-state index in [2.05, 4.69) is 20.9 Å². The Hall–Kier alpha value is -2.28. The first-order valence-electron chi connectivity index (χ1n) is 6.05. The van der Waals surface area contributed by atoms with Gasteiger partial charge in [-0.3, -0.25) is 4.57 Å². The zero-order valence-corrected chi connectivity index (χ0v) is 10.7. The lowest BCUT2D eigenvalue weighted by atomic mass is 9.98. The fourth-order valence-corrected chi connectivity index (χ4v) is 2.33. The zero-order valence-electron chi connectivity index (χ0n) is 10.7. The number of halogens is 1. The van der Waals surface area contributed by atoms with Crippen LogP contribution in [0.15, 0.2) is 12.7 Å². The average Bonchev–Trinajstić information content (AvgIpc) is 3.02. The molecule has 1 saturated heterocycles. The quantitative estimate of drug-likeness (QED) is 0.607. The number of alkyl halides is 1. The molecule has 0 radical (unpaired) electrons. The number of hydrogen-bond donors (Lipinski definition) is 3. The molecule has 1 aliphatic rings. The van der Waals surface area contributed by atoms with Crippen LogP contribution in [-0.2, 0) is 4.74 Å². The molecule has 3 heterocycles. The molecule has 2 aromatic heterocycles. The first-order valence-corrected chi connectivity index (χ1v) is 6.05. The molecule has 4 N–H and O–H groups in total.